The van der Waals surface area contributed by atoms with Gasteiger partial charge in [0.05, 0.1) is 0 Å². The summed E-state index contributed by atoms with van der Waals surface area (Å²) in [6.45, 7) is 0.675. The lowest BCUT2D eigenvalue weighted by molar-refractivity contribution is 0.627. The van der Waals surface area contributed by atoms with Crippen molar-refractivity contribution in [3.05, 3.63) is 24.0 Å². The van der Waals surface area contributed by atoms with Crippen molar-refractivity contribution in [3.63, 3.8) is 0 Å². The molecule has 1 aromatic carbocycles. The predicted molar refractivity (Wildman–Crippen MR) is 55.2 cm³/mol. The first kappa shape index (κ1) is 10.3. The van der Waals surface area contributed by atoms with E-state index in [0.29, 0.717) is 12.2 Å². The van der Waals surface area contributed by atoms with Crippen molar-refractivity contribution in [1.82, 2.24) is 0 Å². The van der Waals surface area contributed by atoms with Gasteiger partial charge in [-0.2, -0.15) is 0 Å². The van der Waals surface area contributed by atoms with Gasteiger partial charge in [-0.15, -0.1) is 11.8 Å². The van der Waals surface area contributed by atoms with Crippen LogP contribution in [0, 0.1) is 5.82 Å². The highest BCUT2D eigenvalue weighted by Crippen LogP contribution is 2.25. The number of hydrogen-bond acceptors (Lipinski definition) is 3. The highest BCUT2D eigenvalue weighted by atomic mass is 32.2. The normalized spacial score (nSPS) is 10.3. The van der Waals surface area contributed by atoms with Gasteiger partial charge in [0.1, 0.15) is 5.82 Å². The van der Waals surface area contributed by atoms with Crippen molar-refractivity contribution in [2.45, 2.75) is 11.3 Å². The number of hydrogen-bond donors (Lipinski definition) is 2. The fraction of sp³-hybridized carbons (Fsp3) is 0.333. The number of thioether (sulfide) groups is 1. The minimum absolute atomic E-state index is 0.291. The summed E-state index contributed by atoms with van der Waals surface area (Å²) in [5.41, 5.74) is 11.5. The van der Waals surface area contributed by atoms with E-state index in [0.717, 1.165) is 17.1 Å². The molecule has 0 heterocycles. The van der Waals surface area contributed by atoms with E-state index in [-0.39, 0.29) is 5.82 Å². The smallest absolute Gasteiger partial charge is 0.125 e. The van der Waals surface area contributed by atoms with E-state index in [4.69, 9.17) is 11.5 Å². The SMILES string of the molecule is NCCCSc1ccc(F)cc1N. The first-order chi connectivity index (χ1) is 6.24. The zero-order chi connectivity index (χ0) is 9.68. The highest BCUT2D eigenvalue weighted by molar-refractivity contribution is 7.99. The molecule has 72 valence electrons. The third kappa shape index (κ3) is 3.24. The second kappa shape index (κ2) is 5.09. The second-order valence-electron chi connectivity index (χ2n) is 2.67. The number of nitrogen functional groups attached to an aromatic ring is 1. The lowest BCUT2D eigenvalue weighted by atomic mass is 10.3. The largest absolute Gasteiger partial charge is 0.398 e. The van der Waals surface area contributed by atoms with Crippen molar-refractivity contribution in [2.24, 2.45) is 5.73 Å². The Hall–Kier alpha value is -0.740. The van der Waals surface area contributed by atoms with Gasteiger partial charge in [-0.05, 0) is 36.9 Å². The Kier molecular flexibility index (Phi) is 4.05. The Morgan fingerprint density at radius 3 is 2.77 bits per heavy atom. The van der Waals surface area contributed by atoms with Crippen LogP contribution in [0.5, 0.6) is 0 Å². The molecule has 13 heavy (non-hydrogen) atoms. The standard InChI is InChI=1S/C9H13FN2S/c10-7-2-3-9(8(12)6-7)13-5-1-4-11/h2-3,6H,1,4-5,11-12H2. The number of rotatable bonds is 4. The topological polar surface area (TPSA) is 52.0 Å². The number of nitrogens with two attached hydrogens (primary N) is 2. The maximum atomic E-state index is 12.6. The van der Waals surface area contributed by atoms with Crippen LogP contribution in [0.15, 0.2) is 23.1 Å². The summed E-state index contributed by atoms with van der Waals surface area (Å²) in [7, 11) is 0. The third-order valence-electron chi connectivity index (χ3n) is 1.58. The first-order valence-electron chi connectivity index (χ1n) is 4.12. The Balaban J connectivity index is 2.56. The van der Waals surface area contributed by atoms with E-state index in [2.05, 4.69) is 0 Å². The molecular formula is C9H13FN2S. The van der Waals surface area contributed by atoms with E-state index in [1.54, 1.807) is 17.8 Å². The molecule has 0 saturated carbocycles. The van der Waals surface area contributed by atoms with Gasteiger partial charge in [0.25, 0.3) is 0 Å². The molecule has 0 amide bonds. The fourth-order valence-electron chi connectivity index (χ4n) is 0.916. The van der Waals surface area contributed by atoms with Crippen molar-refractivity contribution < 1.29 is 4.39 Å². The molecule has 0 aromatic heterocycles. The molecule has 1 rings (SSSR count). The van der Waals surface area contributed by atoms with Gasteiger partial charge in [0.2, 0.25) is 0 Å². The fourth-order valence-corrected chi connectivity index (χ4v) is 1.84. The molecule has 4 heteroatoms. The van der Waals surface area contributed by atoms with Crippen LogP contribution >= 0.6 is 11.8 Å². The molecule has 0 saturated heterocycles. The third-order valence-corrected chi connectivity index (χ3v) is 2.75. The molecule has 0 radical (unpaired) electrons. The monoisotopic (exact) mass is 200 g/mol. The van der Waals surface area contributed by atoms with Crippen LogP contribution in [0.4, 0.5) is 10.1 Å². The van der Waals surface area contributed by atoms with Gasteiger partial charge < -0.3 is 11.5 Å². The molecule has 0 spiro atoms. The van der Waals surface area contributed by atoms with E-state index >= 15 is 0 Å². The minimum Gasteiger partial charge on any atom is -0.398 e. The average molecular weight is 200 g/mol. The lowest BCUT2D eigenvalue weighted by Gasteiger charge is -2.04. The average Bonchev–Trinajstić information content (AvgIpc) is 2.09. The van der Waals surface area contributed by atoms with Gasteiger partial charge >= 0.3 is 0 Å². The molecule has 1 aromatic rings. The number of benzene rings is 1. The summed E-state index contributed by atoms with van der Waals surface area (Å²) in [6, 6.07) is 4.46. The summed E-state index contributed by atoms with van der Waals surface area (Å²) in [5.74, 6) is 0.632. The zero-order valence-electron chi connectivity index (χ0n) is 7.29. The van der Waals surface area contributed by atoms with Crippen LogP contribution in [0.25, 0.3) is 0 Å². The van der Waals surface area contributed by atoms with E-state index in [1.165, 1.54) is 12.1 Å². The molecule has 0 aliphatic carbocycles. The molecule has 4 N–H and O–H groups in total. The van der Waals surface area contributed by atoms with E-state index < -0.39 is 0 Å². The molecule has 0 bridgehead atoms. The Bertz CT molecular complexity index is 278. The van der Waals surface area contributed by atoms with E-state index in [9.17, 15) is 4.39 Å². The van der Waals surface area contributed by atoms with Crippen molar-refractivity contribution in [2.75, 3.05) is 18.0 Å². The maximum Gasteiger partial charge on any atom is 0.125 e. The molecule has 0 aliphatic rings. The Morgan fingerprint density at radius 2 is 2.15 bits per heavy atom. The molecule has 0 unspecified atom stereocenters. The molecule has 0 atom stereocenters. The van der Waals surface area contributed by atoms with Gasteiger partial charge in [-0.3, -0.25) is 0 Å². The van der Waals surface area contributed by atoms with Crippen molar-refractivity contribution in [3.8, 4) is 0 Å². The van der Waals surface area contributed by atoms with Crippen LogP contribution in [0.2, 0.25) is 0 Å². The summed E-state index contributed by atoms with van der Waals surface area (Å²) < 4.78 is 12.6. The lowest BCUT2D eigenvalue weighted by Crippen LogP contribution is -1.99. The van der Waals surface area contributed by atoms with Gasteiger partial charge in [-0.1, -0.05) is 0 Å². The van der Waals surface area contributed by atoms with Gasteiger partial charge in [0, 0.05) is 10.6 Å². The van der Waals surface area contributed by atoms with Gasteiger partial charge in [-0.25, -0.2) is 4.39 Å². The second-order valence-corrected chi connectivity index (χ2v) is 3.81. The predicted octanol–water partition coefficient (Wildman–Crippen LogP) is 1.85. The van der Waals surface area contributed by atoms with Crippen LogP contribution in [-0.2, 0) is 0 Å². The molecular weight excluding hydrogens is 187 g/mol. The molecule has 0 fully saturated rings. The summed E-state index contributed by atoms with van der Waals surface area (Å²) >= 11 is 1.61. The summed E-state index contributed by atoms with van der Waals surface area (Å²) in [4.78, 5) is 0.926. The van der Waals surface area contributed by atoms with Crippen LogP contribution in [-0.4, -0.2) is 12.3 Å². The van der Waals surface area contributed by atoms with Crippen LogP contribution in [0.1, 0.15) is 6.42 Å². The number of anilines is 1. The zero-order valence-corrected chi connectivity index (χ0v) is 8.11. The maximum absolute atomic E-state index is 12.6. The summed E-state index contributed by atoms with van der Waals surface area (Å²) in [5, 5.41) is 0. The van der Waals surface area contributed by atoms with Crippen LogP contribution < -0.4 is 11.5 Å². The van der Waals surface area contributed by atoms with Crippen molar-refractivity contribution >= 4 is 17.4 Å². The number of halogens is 1. The Labute approximate surface area is 81.5 Å². The molecule has 2 nitrogen and oxygen atoms in total. The van der Waals surface area contributed by atoms with E-state index in [1.807, 2.05) is 0 Å². The quantitative estimate of drug-likeness (QED) is 0.443. The molecule has 0 aliphatic heterocycles. The first-order valence-corrected chi connectivity index (χ1v) is 5.10. The highest BCUT2D eigenvalue weighted by Gasteiger charge is 2.00. The Morgan fingerprint density at radius 1 is 1.38 bits per heavy atom. The van der Waals surface area contributed by atoms with Gasteiger partial charge in [0.15, 0.2) is 0 Å². The van der Waals surface area contributed by atoms with Crippen molar-refractivity contribution in [1.29, 1.82) is 0 Å². The minimum atomic E-state index is -0.291. The summed E-state index contributed by atoms with van der Waals surface area (Å²) in [6.07, 6.45) is 0.946. The van der Waals surface area contributed by atoms with Crippen LogP contribution in [0.3, 0.4) is 0 Å².